The zero-order valence-electron chi connectivity index (χ0n) is 16.6. The number of aliphatic hydroxyl groups is 1. The van der Waals surface area contributed by atoms with Crippen molar-refractivity contribution in [3.05, 3.63) is 41.7 Å². The Balaban J connectivity index is 1.82. The van der Waals surface area contributed by atoms with Gasteiger partial charge in [0, 0.05) is 37.3 Å². The number of hydrogen-bond donors (Lipinski definition) is 2. The van der Waals surface area contributed by atoms with Gasteiger partial charge >= 0.3 is 0 Å². The molecule has 1 aromatic carbocycles. The minimum absolute atomic E-state index is 0.0826. The monoisotopic (exact) mass is 408 g/mol. The second-order valence-electron chi connectivity index (χ2n) is 7.88. The number of carbonyl (C=O) groups excluding carboxylic acids is 1. The second-order valence-corrected chi connectivity index (χ2v) is 7.88. The van der Waals surface area contributed by atoms with Crippen molar-refractivity contribution in [2.45, 2.75) is 39.2 Å². The summed E-state index contributed by atoms with van der Waals surface area (Å²) in [5.74, 6) is -1.05. The molecule has 2 aromatic rings. The van der Waals surface area contributed by atoms with Crippen molar-refractivity contribution in [2.75, 3.05) is 19.8 Å². The molecule has 29 heavy (non-hydrogen) atoms. The quantitative estimate of drug-likeness (QED) is 0.736. The molecule has 0 radical (unpaired) electrons. The van der Waals surface area contributed by atoms with Gasteiger partial charge in [-0.1, -0.05) is 19.0 Å². The van der Waals surface area contributed by atoms with E-state index in [0.717, 1.165) is 12.1 Å². The van der Waals surface area contributed by atoms with Gasteiger partial charge in [0.05, 0.1) is 18.1 Å². The van der Waals surface area contributed by atoms with Gasteiger partial charge in [-0.15, -0.1) is 0 Å². The molecule has 2 heterocycles. The number of aliphatic hydroxyl groups excluding tert-OH is 1. The molecule has 0 spiro atoms. The molecule has 8 heteroatoms. The highest BCUT2D eigenvalue weighted by molar-refractivity contribution is 5.83. The third kappa shape index (κ3) is 4.82. The molecule has 1 fully saturated rings. The summed E-state index contributed by atoms with van der Waals surface area (Å²) in [6.07, 6.45) is 1.26. The van der Waals surface area contributed by atoms with Crippen molar-refractivity contribution >= 4 is 5.91 Å². The lowest BCUT2D eigenvalue weighted by atomic mass is 9.75. The Bertz CT molecular complexity index is 847. The van der Waals surface area contributed by atoms with E-state index in [0.29, 0.717) is 31.8 Å². The Morgan fingerprint density at radius 1 is 1.28 bits per heavy atom. The molecule has 158 valence electrons. The van der Waals surface area contributed by atoms with Crippen LogP contribution in [0.5, 0.6) is 0 Å². The van der Waals surface area contributed by atoms with Gasteiger partial charge in [0.2, 0.25) is 5.91 Å². The highest BCUT2D eigenvalue weighted by Gasteiger charge is 2.42. The third-order valence-electron chi connectivity index (χ3n) is 5.53. The maximum atomic E-state index is 14.0. The second kappa shape index (κ2) is 9.00. The minimum atomic E-state index is -0.765. The molecule has 1 aromatic heterocycles. The lowest BCUT2D eigenvalue weighted by Gasteiger charge is -2.36. The number of carbonyl (C=O) groups is 1. The SMILES string of the molecule is CC(C)[C@H](CO)NC(=O)C1(Cc2cc(-c3ccc(F)cc3F)no2)CCOCC1. The molecule has 3 rings (SSSR count). The summed E-state index contributed by atoms with van der Waals surface area (Å²) in [6, 6.07) is 4.48. The van der Waals surface area contributed by atoms with Crippen LogP contribution in [0, 0.1) is 23.0 Å². The summed E-state index contributed by atoms with van der Waals surface area (Å²) in [5, 5.41) is 16.4. The molecule has 0 bridgehead atoms. The standard InChI is InChI=1S/C21H26F2N2O4/c1-13(2)19(12-26)24-20(27)21(5-7-28-8-6-21)11-15-10-18(25-29-15)16-4-3-14(22)9-17(16)23/h3-4,9-10,13,19,26H,5-8,11-12H2,1-2H3,(H,24,27)/t19-/m0/s1. The molecular weight excluding hydrogens is 382 g/mol. The van der Waals surface area contributed by atoms with Crippen LogP contribution in [0.3, 0.4) is 0 Å². The largest absolute Gasteiger partial charge is 0.394 e. The smallest absolute Gasteiger partial charge is 0.227 e. The molecule has 0 unspecified atom stereocenters. The molecular formula is C21H26F2N2O4. The van der Waals surface area contributed by atoms with Crippen LogP contribution in [0.25, 0.3) is 11.3 Å². The molecule has 1 saturated heterocycles. The van der Waals surface area contributed by atoms with Crippen LogP contribution in [-0.4, -0.2) is 42.0 Å². The van der Waals surface area contributed by atoms with Gasteiger partial charge in [-0.2, -0.15) is 0 Å². The van der Waals surface area contributed by atoms with E-state index >= 15 is 0 Å². The number of amides is 1. The van der Waals surface area contributed by atoms with Gasteiger partial charge in [0.1, 0.15) is 23.1 Å². The summed E-state index contributed by atoms with van der Waals surface area (Å²) in [5.41, 5.74) is -0.388. The molecule has 0 saturated carbocycles. The van der Waals surface area contributed by atoms with Crippen LogP contribution in [-0.2, 0) is 16.0 Å². The number of nitrogens with one attached hydrogen (secondary N) is 1. The molecule has 2 N–H and O–H groups in total. The Morgan fingerprint density at radius 2 is 2.00 bits per heavy atom. The van der Waals surface area contributed by atoms with Crippen LogP contribution < -0.4 is 5.32 Å². The van der Waals surface area contributed by atoms with Crippen LogP contribution in [0.1, 0.15) is 32.4 Å². The van der Waals surface area contributed by atoms with Crippen LogP contribution in [0.4, 0.5) is 8.78 Å². The van der Waals surface area contributed by atoms with Gasteiger partial charge in [-0.3, -0.25) is 4.79 Å². The summed E-state index contributed by atoms with van der Waals surface area (Å²) >= 11 is 0. The number of rotatable bonds is 7. The topological polar surface area (TPSA) is 84.6 Å². The average Bonchev–Trinajstić information content (AvgIpc) is 3.14. The fraction of sp³-hybridized carbons (Fsp3) is 0.524. The lowest BCUT2D eigenvalue weighted by Crippen LogP contribution is -2.51. The summed E-state index contributed by atoms with van der Waals surface area (Å²) in [4.78, 5) is 13.1. The lowest BCUT2D eigenvalue weighted by molar-refractivity contribution is -0.138. The Labute approximate surface area is 168 Å². The summed E-state index contributed by atoms with van der Waals surface area (Å²) in [7, 11) is 0. The van der Waals surface area contributed by atoms with Gasteiger partial charge in [-0.05, 0) is 30.9 Å². The molecule has 1 amide bonds. The van der Waals surface area contributed by atoms with E-state index in [1.165, 1.54) is 6.07 Å². The normalized spacial score (nSPS) is 17.3. The van der Waals surface area contributed by atoms with E-state index < -0.39 is 17.0 Å². The summed E-state index contributed by atoms with van der Waals surface area (Å²) < 4.78 is 38.0. The number of aromatic nitrogens is 1. The maximum absolute atomic E-state index is 14.0. The minimum Gasteiger partial charge on any atom is -0.394 e. The Hall–Kier alpha value is -2.32. The molecule has 1 aliphatic heterocycles. The van der Waals surface area contributed by atoms with Gasteiger partial charge < -0.3 is 19.7 Å². The van der Waals surface area contributed by atoms with Crippen LogP contribution in [0.2, 0.25) is 0 Å². The predicted molar refractivity (Wildman–Crippen MR) is 102 cm³/mol. The molecule has 0 aliphatic carbocycles. The van der Waals surface area contributed by atoms with Crippen molar-refractivity contribution in [3.63, 3.8) is 0 Å². The van der Waals surface area contributed by atoms with E-state index in [-0.39, 0.29) is 42.2 Å². The van der Waals surface area contributed by atoms with Crippen molar-refractivity contribution < 1.29 is 27.9 Å². The van der Waals surface area contributed by atoms with Gasteiger partial charge in [-0.25, -0.2) is 8.78 Å². The fourth-order valence-electron chi connectivity index (χ4n) is 3.54. The zero-order chi connectivity index (χ0) is 21.0. The Kier molecular flexibility index (Phi) is 6.64. The maximum Gasteiger partial charge on any atom is 0.227 e. The van der Waals surface area contributed by atoms with E-state index in [2.05, 4.69) is 10.5 Å². The van der Waals surface area contributed by atoms with Gasteiger partial charge in [0.15, 0.2) is 0 Å². The van der Waals surface area contributed by atoms with E-state index in [9.17, 15) is 18.7 Å². The summed E-state index contributed by atoms with van der Waals surface area (Å²) in [6.45, 7) is 4.58. The van der Waals surface area contributed by atoms with Crippen molar-refractivity contribution in [2.24, 2.45) is 11.3 Å². The number of halogens is 2. The van der Waals surface area contributed by atoms with Crippen molar-refractivity contribution in [3.8, 4) is 11.3 Å². The molecule has 1 atom stereocenters. The zero-order valence-corrected chi connectivity index (χ0v) is 16.6. The first-order valence-corrected chi connectivity index (χ1v) is 9.75. The fourth-order valence-corrected chi connectivity index (χ4v) is 3.54. The Morgan fingerprint density at radius 3 is 2.62 bits per heavy atom. The number of hydrogen-bond acceptors (Lipinski definition) is 5. The van der Waals surface area contributed by atoms with Crippen LogP contribution in [0.15, 0.2) is 28.8 Å². The third-order valence-corrected chi connectivity index (χ3v) is 5.53. The predicted octanol–water partition coefficient (Wildman–Crippen LogP) is 3.09. The highest BCUT2D eigenvalue weighted by Crippen LogP contribution is 2.36. The number of benzene rings is 1. The first-order valence-electron chi connectivity index (χ1n) is 9.75. The first kappa shape index (κ1) is 21.4. The average molecular weight is 408 g/mol. The van der Waals surface area contributed by atoms with Crippen molar-refractivity contribution in [1.29, 1.82) is 0 Å². The van der Waals surface area contributed by atoms with E-state index in [1.807, 2.05) is 13.8 Å². The first-order chi connectivity index (χ1) is 13.8. The highest BCUT2D eigenvalue weighted by atomic mass is 19.1. The van der Waals surface area contributed by atoms with Crippen molar-refractivity contribution in [1.82, 2.24) is 10.5 Å². The van der Waals surface area contributed by atoms with Gasteiger partial charge in [0.25, 0.3) is 0 Å². The number of nitrogens with zero attached hydrogens (tertiary/aromatic N) is 1. The molecule has 6 nitrogen and oxygen atoms in total. The molecule has 1 aliphatic rings. The van der Waals surface area contributed by atoms with E-state index in [4.69, 9.17) is 9.26 Å². The van der Waals surface area contributed by atoms with Crippen LogP contribution >= 0.6 is 0 Å². The van der Waals surface area contributed by atoms with E-state index in [1.54, 1.807) is 6.07 Å². The number of ether oxygens (including phenoxy) is 1.